The Morgan fingerprint density at radius 1 is 0.935 bits per heavy atom. The first-order chi connectivity index (χ1) is 14.9. The fourth-order valence-electron chi connectivity index (χ4n) is 3.10. The minimum Gasteiger partial charge on any atom is -0.484 e. The molecule has 0 aliphatic rings. The maximum absolute atomic E-state index is 12.5. The lowest BCUT2D eigenvalue weighted by Gasteiger charge is -2.13. The third kappa shape index (κ3) is 6.16. The Kier molecular flexibility index (Phi) is 7.44. The van der Waals surface area contributed by atoms with Gasteiger partial charge >= 0.3 is 0 Å². The summed E-state index contributed by atoms with van der Waals surface area (Å²) in [6.45, 7) is 4.02. The Hall–Kier alpha value is -3.16. The van der Waals surface area contributed by atoms with Crippen LogP contribution in [-0.2, 0) is 27.8 Å². The van der Waals surface area contributed by atoms with Gasteiger partial charge in [-0.1, -0.05) is 55.5 Å². The molecule has 0 aliphatic carbocycles. The third-order valence-electron chi connectivity index (χ3n) is 4.82. The Morgan fingerprint density at radius 3 is 2.32 bits per heavy atom. The van der Waals surface area contributed by atoms with Crippen molar-refractivity contribution in [3.8, 4) is 5.75 Å². The van der Waals surface area contributed by atoms with E-state index in [2.05, 4.69) is 10.0 Å². The standard InChI is InChI=1S/C24H26N2O4S/c1-3-20-11-7-8-18(2)24(20)26-23(27)17-30-21-12-14-22(15-13-21)31(28,29)25-16-19-9-5-4-6-10-19/h4-15,25H,3,16-17H2,1-2H3,(H,26,27). The van der Waals surface area contributed by atoms with Gasteiger partial charge < -0.3 is 10.1 Å². The van der Waals surface area contributed by atoms with Crippen molar-refractivity contribution in [1.29, 1.82) is 0 Å². The molecule has 2 N–H and O–H groups in total. The number of nitrogens with one attached hydrogen (secondary N) is 2. The van der Waals surface area contributed by atoms with Crippen molar-refractivity contribution in [2.24, 2.45) is 0 Å². The smallest absolute Gasteiger partial charge is 0.262 e. The minimum atomic E-state index is -3.64. The largest absolute Gasteiger partial charge is 0.484 e. The summed E-state index contributed by atoms with van der Waals surface area (Å²) in [6, 6.07) is 21.2. The maximum Gasteiger partial charge on any atom is 0.262 e. The van der Waals surface area contributed by atoms with Gasteiger partial charge in [-0.2, -0.15) is 0 Å². The first-order valence-corrected chi connectivity index (χ1v) is 11.5. The monoisotopic (exact) mass is 438 g/mol. The van der Waals surface area contributed by atoms with Crippen LogP contribution in [0.5, 0.6) is 5.75 Å². The van der Waals surface area contributed by atoms with Crippen LogP contribution in [0.1, 0.15) is 23.6 Å². The predicted octanol–water partition coefficient (Wildman–Crippen LogP) is 4.05. The molecule has 1 amide bonds. The van der Waals surface area contributed by atoms with Crippen LogP contribution in [0.2, 0.25) is 0 Å². The zero-order chi connectivity index (χ0) is 22.3. The van der Waals surface area contributed by atoms with Gasteiger partial charge in [0, 0.05) is 12.2 Å². The molecule has 0 spiro atoms. The minimum absolute atomic E-state index is 0.132. The lowest BCUT2D eigenvalue weighted by atomic mass is 10.1. The molecule has 7 heteroatoms. The average Bonchev–Trinajstić information content (AvgIpc) is 2.79. The highest BCUT2D eigenvalue weighted by molar-refractivity contribution is 7.89. The molecular weight excluding hydrogens is 412 g/mol. The van der Waals surface area contributed by atoms with E-state index in [0.717, 1.165) is 28.8 Å². The molecular formula is C24H26N2O4S. The van der Waals surface area contributed by atoms with E-state index in [1.54, 1.807) is 0 Å². The number of sulfonamides is 1. The Labute approximate surface area is 183 Å². The number of carbonyl (C=O) groups is 1. The van der Waals surface area contributed by atoms with Gasteiger partial charge in [-0.25, -0.2) is 13.1 Å². The van der Waals surface area contributed by atoms with E-state index >= 15 is 0 Å². The van der Waals surface area contributed by atoms with E-state index in [-0.39, 0.29) is 24.0 Å². The molecule has 0 unspecified atom stereocenters. The van der Waals surface area contributed by atoms with Crippen LogP contribution in [0.4, 0.5) is 5.69 Å². The van der Waals surface area contributed by atoms with Crippen molar-refractivity contribution in [2.75, 3.05) is 11.9 Å². The SMILES string of the molecule is CCc1cccc(C)c1NC(=O)COc1ccc(S(=O)(=O)NCc2ccccc2)cc1. The molecule has 3 aromatic rings. The van der Waals surface area contributed by atoms with Crippen LogP contribution < -0.4 is 14.8 Å². The lowest BCUT2D eigenvalue weighted by molar-refractivity contribution is -0.118. The maximum atomic E-state index is 12.5. The lowest BCUT2D eigenvalue weighted by Crippen LogP contribution is -2.23. The van der Waals surface area contributed by atoms with Gasteiger partial charge in [-0.15, -0.1) is 0 Å². The van der Waals surface area contributed by atoms with Crippen molar-refractivity contribution in [3.63, 3.8) is 0 Å². The topological polar surface area (TPSA) is 84.5 Å². The van der Waals surface area contributed by atoms with Crippen molar-refractivity contribution >= 4 is 21.6 Å². The van der Waals surface area contributed by atoms with E-state index in [4.69, 9.17) is 4.74 Å². The summed E-state index contributed by atoms with van der Waals surface area (Å²) < 4.78 is 33.0. The molecule has 31 heavy (non-hydrogen) atoms. The summed E-state index contributed by atoms with van der Waals surface area (Å²) >= 11 is 0. The molecule has 0 fully saturated rings. The van der Waals surface area contributed by atoms with E-state index in [9.17, 15) is 13.2 Å². The molecule has 3 rings (SSSR count). The number of carbonyl (C=O) groups excluding carboxylic acids is 1. The molecule has 162 valence electrons. The normalized spacial score (nSPS) is 11.2. The first-order valence-electron chi connectivity index (χ1n) is 10.0. The van der Waals surface area contributed by atoms with Crippen molar-refractivity contribution in [1.82, 2.24) is 4.72 Å². The van der Waals surface area contributed by atoms with Gasteiger partial charge in [0.25, 0.3) is 5.91 Å². The highest BCUT2D eigenvalue weighted by Crippen LogP contribution is 2.21. The Morgan fingerprint density at radius 2 is 1.65 bits per heavy atom. The van der Waals surface area contributed by atoms with Gasteiger partial charge in [-0.3, -0.25) is 4.79 Å². The highest BCUT2D eigenvalue weighted by atomic mass is 32.2. The zero-order valence-electron chi connectivity index (χ0n) is 17.6. The molecule has 6 nitrogen and oxygen atoms in total. The number of ether oxygens (including phenoxy) is 1. The van der Waals surface area contributed by atoms with Crippen molar-refractivity contribution in [3.05, 3.63) is 89.5 Å². The molecule has 0 radical (unpaired) electrons. The van der Waals surface area contributed by atoms with E-state index in [1.807, 2.05) is 62.4 Å². The molecule has 0 saturated heterocycles. The molecule has 0 heterocycles. The summed E-state index contributed by atoms with van der Waals surface area (Å²) in [7, 11) is -3.64. The number of benzene rings is 3. The number of anilines is 1. The van der Waals surface area contributed by atoms with Crippen LogP contribution in [-0.4, -0.2) is 20.9 Å². The predicted molar refractivity (Wildman–Crippen MR) is 122 cm³/mol. The number of para-hydroxylation sites is 1. The molecule has 0 aromatic heterocycles. The van der Waals surface area contributed by atoms with Crippen LogP contribution in [0, 0.1) is 6.92 Å². The van der Waals surface area contributed by atoms with Gasteiger partial charge in [0.05, 0.1) is 4.90 Å². The van der Waals surface area contributed by atoms with Crippen LogP contribution in [0.3, 0.4) is 0 Å². The number of rotatable bonds is 9. The summed E-state index contributed by atoms with van der Waals surface area (Å²) in [6.07, 6.45) is 0.812. The zero-order valence-corrected chi connectivity index (χ0v) is 18.4. The van der Waals surface area contributed by atoms with Gasteiger partial charge in [0.1, 0.15) is 5.75 Å². The molecule has 0 aliphatic heterocycles. The molecule has 3 aromatic carbocycles. The number of aryl methyl sites for hydroxylation is 2. The second-order valence-corrected chi connectivity index (χ2v) is 8.85. The number of hydrogen-bond acceptors (Lipinski definition) is 4. The second-order valence-electron chi connectivity index (χ2n) is 7.08. The van der Waals surface area contributed by atoms with Gasteiger partial charge in [-0.05, 0) is 54.3 Å². The summed E-state index contributed by atoms with van der Waals surface area (Å²) in [5.41, 5.74) is 3.73. The highest BCUT2D eigenvalue weighted by Gasteiger charge is 2.14. The first kappa shape index (κ1) is 22.5. The summed E-state index contributed by atoms with van der Waals surface area (Å²) in [4.78, 5) is 12.4. The summed E-state index contributed by atoms with van der Waals surface area (Å²) in [5, 5.41) is 2.90. The molecule has 0 atom stereocenters. The van der Waals surface area contributed by atoms with E-state index in [0.29, 0.717) is 5.75 Å². The van der Waals surface area contributed by atoms with Crippen LogP contribution in [0.15, 0.2) is 77.7 Å². The van der Waals surface area contributed by atoms with Gasteiger partial charge in [0.15, 0.2) is 6.61 Å². The van der Waals surface area contributed by atoms with Crippen molar-refractivity contribution in [2.45, 2.75) is 31.7 Å². The summed E-state index contributed by atoms with van der Waals surface area (Å²) in [5.74, 6) is 0.142. The van der Waals surface area contributed by atoms with Gasteiger partial charge in [0.2, 0.25) is 10.0 Å². The Balaban J connectivity index is 1.56. The fourth-order valence-corrected chi connectivity index (χ4v) is 4.12. The fraction of sp³-hybridized carbons (Fsp3) is 0.208. The average molecular weight is 439 g/mol. The molecule has 0 saturated carbocycles. The quantitative estimate of drug-likeness (QED) is 0.528. The molecule has 0 bridgehead atoms. The number of hydrogen-bond donors (Lipinski definition) is 2. The van der Waals surface area contributed by atoms with E-state index < -0.39 is 10.0 Å². The van der Waals surface area contributed by atoms with Crippen molar-refractivity contribution < 1.29 is 17.9 Å². The van der Waals surface area contributed by atoms with Crippen LogP contribution >= 0.6 is 0 Å². The Bertz CT molecular complexity index is 1130. The van der Waals surface area contributed by atoms with Crippen LogP contribution in [0.25, 0.3) is 0 Å². The second kappa shape index (κ2) is 10.2. The van der Waals surface area contributed by atoms with E-state index in [1.165, 1.54) is 24.3 Å². The third-order valence-corrected chi connectivity index (χ3v) is 6.23. The number of amides is 1.